The summed E-state index contributed by atoms with van der Waals surface area (Å²) in [7, 11) is -3.23. The Hall–Kier alpha value is -0.700. The van der Waals surface area contributed by atoms with Crippen molar-refractivity contribution in [2.75, 3.05) is 24.2 Å². The molecule has 0 bridgehead atoms. The summed E-state index contributed by atoms with van der Waals surface area (Å²) >= 11 is 8.30. The number of rotatable bonds is 7. The summed E-state index contributed by atoms with van der Waals surface area (Å²) in [6.07, 6.45) is 0. The standard InChI is InChI=1S/C11H16BrN3O2S2/c1-2-15-19(16,17)6-5-14-10-7-8(12)3-4-9(10)11(13)18/h3-4,7,14-15H,2,5-6H2,1H3,(H2,13,18). The Morgan fingerprint density at radius 2 is 2.16 bits per heavy atom. The van der Waals surface area contributed by atoms with E-state index in [0.29, 0.717) is 17.8 Å². The maximum Gasteiger partial charge on any atom is 0.213 e. The van der Waals surface area contributed by atoms with E-state index in [0.717, 1.165) is 4.47 Å². The molecule has 5 nitrogen and oxygen atoms in total. The Balaban J connectivity index is 2.73. The monoisotopic (exact) mass is 365 g/mol. The quantitative estimate of drug-likeness (QED) is 0.636. The maximum atomic E-state index is 11.5. The predicted octanol–water partition coefficient (Wildman–Crippen LogP) is 1.43. The van der Waals surface area contributed by atoms with Crippen molar-refractivity contribution in [3.8, 4) is 0 Å². The minimum atomic E-state index is -3.23. The van der Waals surface area contributed by atoms with Crippen molar-refractivity contribution in [3.05, 3.63) is 28.2 Å². The number of thiocarbonyl (C=S) groups is 1. The van der Waals surface area contributed by atoms with Gasteiger partial charge < -0.3 is 11.1 Å². The van der Waals surface area contributed by atoms with Gasteiger partial charge in [-0.15, -0.1) is 0 Å². The highest BCUT2D eigenvalue weighted by Crippen LogP contribution is 2.21. The average molecular weight is 366 g/mol. The Morgan fingerprint density at radius 1 is 1.47 bits per heavy atom. The molecule has 0 saturated heterocycles. The first-order valence-corrected chi connectivity index (χ1v) is 8.51. The molecule has 0 spiro atoms. The van der Waals surface area contributed by atoms with E-state index in [1.54, 1.807) is 13.0 Å². The van der Waals surface area contributed by atoms with Crippen LogP contribution >= 0.6 is 28.1 Å². The fourth-order valence-corrected chi connectivity index (χ4v) is 2.98. The first kappa shape index (κ1) is 16.4. The lowest BCUT2D eigenvalue weighted by atomic mass is 10.2. The van der Waals surface area contributed by atoms with E-state index in [1.807, 2.05) is 12.1 Å². The van der Waals surface area contributed by atoms with Crippen LogP contribution in [-0.4, -0.2) is 32.2 Å². The smallest absolute Gasteiger partial charge is 0.213 e. The molecule has 0 heterocycles. The number of hydrogen-bond donors (Lipinski definition) is 3. The van der Waals surface area contributed by atoms with Gasteiger partial charge in [0.2, 0.25) is 10.0 Å². The zero-order chi connectivity index (χ0) is 14.5. The van der Waals surface area contributed by atoms with Crippen LogP contribution in [-0.2, 0) is 10.0 Å². The molecular weight excluding hydrogens is 350 g/mol. The second kappa shape index (κ2) is 7.18. The van der Waals surface area contributed by atoms with Gasteiger partial charge in [-0.3, -0.25) is 0 Å². The molecule has 1 aromatic rings. The molecule has 0 aliphatic rings. The SMILES string of the molecule is CCNS(=O)(=O)CCNc1cc(Br)ccc1C(N)=S. The van der Waals surface area contributed by atoms with Crippen LogP contribution in [0, 0.1) is 0 Å². The topological polar surface area (TPSA) is 84.2 Å². The summed E-state index contributed by atoms with van der Waals surface area (Å²) in [6, 6.07) is 5.43. The molecule has 106 valence electrons. The number of anilines is 1. The first-order chi connectivity index (χ1) is 8.85. The van der Waals surface area contributed by atoms with Gasteiger partial charge in [0, 0.05) is 28.8 Å². The highest BCUT2D eigenvalue weighted by atomic mass is 79.9. The largest absolute Gasteiger partial charge is 0.389 e. The Kier molecular flexibility index (Phi) is 6.18. The van der Waals surface area contributed by atoms with Gasteiger partial charge in [-0.05, 0) is 18.2 Å². The van der Waals surface area contributed by atoms with Crippen molar-refractivity contribution in [3.63, 3.8) is 0 Å². The van der Waals surface area contributed by atoms with Crippen molar-refractivity contribution in [1.29, 1.82) is 0 Å². The van der Waals surface area contributed by atoms with E-state index in [9.17, 15) is 8.42 Å². The lowest BCUT2D eigenvalue weighted by molar-refractivity contribution is 0.584. The minimum Gasteiger partial charge on any atom is -0.389 e. The summed E-state index contributed by atoms with van der Waals surface area (Å²) in [4.78, 5) is 0.268. The second-order valence-corrected chi connectivity index (χ2v) is 7.08. The number of hydrogen-bond acceptors (Lipinski definition) is 4. The molecule has 19 heavy (non-hydrogen) atoms. The molecule has 0 atom stereocenters. The molecule has 8 heteroatoms. The highest BCUT2D eigenvalue weighted by molar-refractivity contribution is 9.10. The van der Waals surface area contributed by atoms with Crippen molar-refractivity contribution >= 4 is 48.8 Å². The van der Waals surface area contributed by atoms with Gasteiger partial charge in [-0.25, -0.2) is 13.1 Å². The number of benzene rings is 1. The van der Waals surface area contributed by atoms with E-state index >= 15 is 0 Å². The van der Waals surface area contributed by atoms with Gasteiger partial charge in [0.05, 0.1) is 5.75 Å². The minimum absolute atomic E-state index is 0.00979. The van der Waals surface area contributed by atoms with Crippen LogP contribution in [0.15, 0.2) is 22.7 Å². The van der Waals surface area contributed by atoms with E-state index in [1.165, 1.54) is 0 Å². The van der Waals surface area contributed by atoms with Crippen molar-refractivity contribution < 1.29 is 8.42 Å². The summed E-state index contributed by atoms with van der Waals surface area (Å²) < 4.78 is 26.3. The third-order valence-electron chi connectivity index (χ3n) is 2.30. The van der Waals surface area contributed by atoms with E-state index in [4.69, 9.17) is 18.0 Å². The van der Waals surface area contributed by atoms with Gasteiger partial charge in [0.15, 0.2) is 0 Å². The maximum absolute atomic E-state index is 11.5. The van der Waals surface area contributed by atoms with E-state index in [2.05, 4.69) is 26.0 Å². The Bertz CT molecular complexity index is 561. The third-order valence-corrected chi connectivity index (χ3v) is 4.48. The molecule has 0 aliphatic carbocycles. The zero-order valence-corrected chi connectivity index (χ0v) is 13.7. The zero-order valence-electron chi connectivity index (χ0n) is 10.4. The Labute approximate surface area is 127 Å². The Morgan fingerprint density at radius 3 is 2.74 bits per heavy atom. The second-order valence-electron chi connectivity index (χ2n) is 3.80. The fraction of sp³-hybridized carbons (Fsp3) is 0.364. The van der Waals surface area contributed by atoms with Gasteiger partial charge in [-0.1, -0.05) is 35.1 Å². The van der Waals surface area contributed by atoms with Crippen LogP contribution in [0.3, 0.4) is 0 Å². The van der Waals surface area contributed by atoms with Gasteiger partial charge in [0.25, 0.3) is 0 Å². The summed E-state index contributed by atoms with van der Waals surface area (Å²) in [5.74, 6) is -0.00979. The number of halogens is 1. The van der Waals surface area contributed by atoms with Crippen molar-refractivity contribution in [2.24, 2.45) is 5.73 Å². The molecule has 0 fully saturated rings. The van der Waals surface area contributed by atoms with Gasteiger partial charge in [0.1, 0.15) is 4.99 Å². The lowest BCUT2D eigenvalue weighted by Gasteiger charge is -2.12. The molecule has 0 saturated carbocycles. The molecule has 4 N–H and O–H groups in total. The van der Waals surface area contributed by atoms with Crippen molar-refractivity contribution in [2.45, 2.75) is 6.92 Å². The summed E-state index contributed by atoms with van der Waals surface area (Å²) in [5.41, 5.74) is 7.03. The molecule has 1 aromatic carbocycles. The van der Waals surface area contributed by atoms with Gasteiger partial charge in [-0.2, -0.15) is 0 Å². The number of nitrogens with two attached hydrogens (primary N) is 1. The van der Waals surface area contributed by atoms with Gasteiger partial charge >= 0.3 is 0 Å². The molecule has 0 radical (unpaired) electrons. The lowest BCUT2D eigenvalue weighted by Crippen LogP contribution is -2.29. The predicted molar refractivity (Wildman–Crippen MR) is 86.0 cm³/mol. The molecular formula is C11H16BrN3O2S2. The van der Waals surface area contributed by atoms with Crippen LogP contribution in [0.2, 0.25) is 0 Å². The van der Waals surface area contributed by atoms with Crippen molar-refractivity contribution in [1.82, 2.24) is 4.72 Å². The van der Waals surface area contributed by atoms with Crippen LogP contribution in [0.4, 0.5) is 5.69 Å². The van der Waals surface area contributed by atoms with E-state index < -0.39 is 10.0 Å². The van der Waals surface area contributed by atoms with E-state index in [-0.39, 0.29) is 17.3 Å². The highest BCUT2D eigenvalue weighted by Gasteiger charge is 2.10. The first-order valence-electron chi connectivity index (χ1n) is 5.66. The number of sulfonamides is 1. The fourth-order valence-electron chi connectivity index (χ4n) is 1.49. The molecule has 0 amide bonds. The van der Waals surface area contributed by atoms with Crippen LogP contribution in [0.1, 0.15) is 12.5 Å². The average Bonchev–Trinajstić information content (AvgIpc) is 2.28. The third kappa shape index (κ3) is 5.43. The summed E-state index contributed by atoms with van der Waals surface area (Å²) in [6.45, 7) is 2.41. The molecule has 0 unspecified atom stereocenters. The molecule has 0 aliphatic heterocycles. The number of nitrogens with one attached hydrogen (secondary N) is 2. The molecule has 0 aromatic heterocycles. The van der Waals surface area contributed by atoms with Crippen LogP contribution in [0.5, 0.6) is 0 Å². The normalized spacial score (nSPS) is 11.3. The van der Waals surface area contributed by atoms with Crippen LogP contribution < -0.4 is 15.8 Å². The molecule has 1 rings (SSSR count). The summed E-state index contributed by atoms with van der Waals surface area (Å²) in [5, 5.41) is 3.03. The van der Waals surface area contributed by atoms with Crippen LogP contribution in [0.25, 0.3) is 0 Å².